The second-order valence-electron chi connectivity index (χ2n) is 2.77. The van der Waals surface area contributed by atoms with Crippen molar-refractivity contribution < 1.29 is 14.3 Å². The molecule has 0 unspecified atom stereocenters. The van der Waals surface area contributed by atoms with Gasteiger partial charge in [-0.25, -0.2) is 0 Å². The first-order chi connectivity index (χ1) is 6.16. The average molecular weight is 187 g/mol. The molecule has 4 heteroatoms. The average Bonchev–Trinajstić information content (AvgIpc) is 2.10. The van der Waals surface area contributed by atoms with E-state index >= 15 is 0 Å². The van der Waals surface area contributed by atoms with Crippen LogP contribution in [-0.4, -0.2) is 31.4 Å². The van der Waals surface area contributed by atoms with E-state index in [9.17, 15) is 9.59 Å². The van der Waals surface area contributed by atoms with Gasteiger partial charge in [0, 0.05) is 19.4 Å². The minimum absolute atomic E-state index is 0.0233. The van der Waals surface area contributed by atoms with E-state index in [-0.39, 0.29) is 11.7 Å². The molecule has 0 atom stereocenters. The van der Waals surface area contributed by atoms with Crippen molar-refractivity contribution in [1.82, 2.24) is 5.32 Å². The number of Topliss-reactive ketones (excluding diaryl/α,β-unsaturated/α-hetero) is 1. The fourth-order valence-electron chi connectivity index (χ4n) is 0.706. The van der Waals surface area contributed by atoms with E-state index in [4.69, 9.17) is 4.74 Å². The van der Waals surface area contributed by atoms with Gasteiger partial charge in [-0.3, -0.25) is 9.59 Å². The van der Waals surface area contributed by atoms with Gasteiger partial charge < -0.3 is 10.1 Å². The lowest BCUT2D eigenvalue weighted by Crippen LogP contribution is -2.26. The Labute approximate surface area is 78.6 Å². The Bertz CT molecular complexity index is 168. The third kappa shape index (κ3) is 9.01. The molecule has 13 heavy (non-hydrogen) atoms. The molecule has 0 aliphatic carbocycles. The molecule has 0 bridgehead atoms. The molecule has 0 aromatic rings. The first-order valence-corrected chi connectivity index (χ1v) is 4.50. The van der Waals surface area contributed by atoms with Crippen molar-refractivity contribution >= 4 is 11.7 Å². The van der Waals surface area contributed by atoms with E-state index in [0.29, 0.717) is 32.6 Å². The van der Waals surface area contributed by atoms with Gasteiger partial charge in [-0.2, -0.15) is 0 Å². The fraction of sp³-hybridized carbons (Fsp3) is 0.778. The molecule has 0 saturated heterocycles. The zero-order valence-corrected chi connectivity index (χ0v) is 8.26. The molecule has 1 N–H and O–H groups in total. The first kappa shape index (κ1) is 12.1. The summed E-state index contributed by atoms with van der Waals surface area (Å²) in [7, 11) is 0. The summed E-state index contributed by atoms with van der Waals surface area (Å²) in [5.41, 5.74) is 0. The molecule has 0 aliphatic rings. The van der Waals surface area contributed by atoms with Gasteiger partial charge in [0.15, 0.2) is 0 Å². The Morgan fingerprint density at radius 3 is 2.54 bits per heavy atom. The Morgan fingerprint density at radius 2 is 2.00 bits per heavy atom. The van der Waals surface area contributed by atoms with Gasteiger partial charge in [0.1, 0.15) is 5.78 Å². The smallest absolute Gasteiger partial charge is 0.219 e. The summed E-state index contributed by atoms with van der Waals surface area (Å²) in [6, 6.07) is 0. The van der Waals surface area contributed by atoms with E-state index in [0.717, 1.165) is 0 Å². The Morgan fingerprint density at radius 1 is 1.31 bits per heavy atom. The number of carbonyl (C=O) groups is 2. The molecule has 0 rings (SSSR count). The summed E-state index contributed by atoms with van der Waals surface area (Å²) in [6.45, 7) is 4.76. The SMILES string of the molecule is CCC(=O)NCCOCCC(C)=O. The highest BCUT2D eigenvalue weighted by Crippen LogP contribution is 1.83. The highest BCUT2D eigenvalue weighted by atomic mass is 16.5. The number of rotatable bonds is 7. The summed E-state index contributed by atoms with van der Waals surface area (Å²) in [4.78, 5) is 21.2. The third-order valence-corrected chi connectivity index (χ3v) is 1.49. The van der Waals surface area contributed by atoms with E-state index in [2.05, 4.69) is 5.32 Å². The molecular weight excluding hydrogens is 170 g/mol. The van der Waals surface area contributed by atoms with Crippen molar-refractivity contribution in [2.45, 2.75) is 26.7 Å². The molecule has 0 aliphatic heterocycles. The lowest BCUT2D eigenvalue weighted by atomic mass is 10.3. The second kappa shape index (κ2) is 7.73. The first-order valence-electron chi connectivity index (χ1n) is 4.50. The minimum Gasteiger partial charge on any atom is -0.379 e. The maximum atomic E-state index is 10.7. The zero-order chi connectivity index (χ0) is 10.1. The number of carbonyl (C=O) groups excluding carboxylic acids is 2. The number of ether oxygens (including phenoxy) is 1. The van der Waals surface area contributed by atoms with E-state index in [1.807, 2.05) is 0 Å². The number of nitrogens with one attached hydrogen (secondary N) is 1. The summed E-state index contributed by atoms with van der Waals surface area (Å²) >= 11 is 0. The van der Waals surface area contributed by atoms with E-state index in [1.54, 1.807) is 6.92 Å². The van der Waals surface area contributed by atoms with Crippen LogP contribution in [0.15, 0.2) is 0 Å². The van der Waals surface area contributed by atoms with Gasteiger partial charge in [-0.05, 0) is 6.92 Å². The van der Waals surface area contributed by atoms with Crippen molar-refractivity contribution in [3.8, 4) is 0 Å². The van der Waals surface area contributed by atoms with Crippen LogP contribution < -0.4 is 5.32 Å². The van der Waals surface area contributed by atoms with Crippen LogP contribution in [0.2, 0.25) is 0 Å². The van der Waals surface area contributed by atoms with Gasteiger partial charge in [0.05, 0.1) is 13.2 Å². The van der Waals surface area contributed by atoms with Crippen molar-refractivity contribution in [3.63, 3.8) is 0 Å². The van der Waals surface area contributed by atoms with Crippen LogP contribution in [0.4, 0.5) is 0 Å². The van der Waals surface area contributed by atoms with Crippen molar-refractivity contribution in [1.29, 1.82) is 0 Å². The molecular formula is C9H17NO3. The predicted octanol–water partition coefficient (Wildman–Crippen LogP) is 0.508. The lowest BCUT2D eigenvalue weighted by molar-refractivity contribution is -0.121. The van der Waals surface area contributed by atoms with Crippen LogP contribution in [0.3, 0.4) is 0 Å². The van der Waals surface area contributed by atoms with Crippen molar-refractivity contribution in [2.75, 3.05) is 19.8 Å². The second-order valence-corrected chi connectivity index (χ2v) is 2.77. The van der Waals surface area contributed by atoms with Crippen LogP contribution >= 0.6 is 0 Å². The molecule has 0 spiro atoms. The normalized spacial score (nSPS) is 9.69. The monoisotopic (exact) mass is 187 g/mol. The van der Waals surface area contributed by atoms with Gasteiger partial charge in [0.25, 0.3) is 0 Å². The highest BCUT2D eigenvalue weighted by molar-refractivity contribution is 5.75. The van der Waals surface area contributed by atoms with Crippen LogP contribution in [0, 0.1) is 0 Å². The molecule has 0 fully saturated rings. The maximum absolute atomic E-state index is 10.7. The Hall–Kier alpha value is -0.900. The predicted molar refractivity (Wildman–Crippen MR) is 49.4 cm³/mol. The van der Waals surface area contributed by atoms with E-state index < -0.39 is 0 Å². The molecule has 0 aromatic heterocycles. The summed E-state index contributed by atoms with van der Waals surface area (Å²) in [6.07, 6.45) is 0.940. The van der Waals surface area contributed by atoms with Gasteiger partial charge in [0.2, 0.25) is 5.91 Å². The molecule has 4 nitrogen and oxygen atoms in total. The maximum Gasteiger partial charge on any atom is 0.219 e. The number of amides is 1. The Balaban J connectivity index is 3.08. The van der Waals surface area contributed by atoms with Crippen LogP contribution in [0.5, 0.6) is 0 Å². The lowest BCUT2D eigenvalue weighted by Gasteiger charge is -2.03. The molecule has 0 saturated carbocycles. The summed E-state index contributed by atoms with van der Waals surface area (Å²) < 4.78 is 5.10. The highest BCUT2D eigenvalue weighted by Gasteiger charge is 1.96. The summed E-state index contributed by atoms with van der Waals surface area (Å²) in [5, 5.41) is 2.67. The fourth-order valence-corrected chi connectivity index (χ4v) is 0.706. The van der Waals surface area contributed by atoms with Gasteiger partial charge in [-0.1, -0.05) is 6.92 Å². The van der Waals surface area contributed by atoms with Crippen molar-refractivity contribution in [2.24, 2.45) is 0 Å². The van der Waals surface area contributed by atoms with Crippen LogP contribution in [0.25, 0.3) is 0 Å². The van der Waals surface area contributed by atoms with E-state index in [1.165, 1.54) is 6.92 Å². The summed E-state index contributed by atoms with van der Waals surface area (Å²) in [5.74, 6) is 0.146. The third-order valence-electron chi connectivity index (χ3n) is 1.49. The molecule has 0 heterocycles. The van der Waals surface area contributed by atoms with Crippen LogP contribution in [-0.2, 0) is 14.3 Å². The van der Waals surface area contributed by atoms with Gasteiger partial charge in [-0.15, -0.1) is 0 Å². The van der Waals surface area contributed by atoms with Crippen molar-refractivity contribution in [3.05, 3.63) is 0 Å². The standard InChI is InChI=1S/C9H17NO3/c1-3-9(12)10-5-7-13-6-4-8(2)11/h3-7H2,1-2H3,(H,10,12). The molecule has 0 aromatic carbocycles. The van der Waals surface area contributed by atoms with Gasteiger partial charge >= 0.3 is 0 Å². The molecule has 1 amide bonds. The number of ketones is 1. The largest absolute Gasteiger partial charge is 0.379 e. The van der Waals surface area contributed by atoms with Crippen LogP contribution in [0.1, 0.15) is 26.7 Å². The molecule has 0 radical (unpaired) electrons. The quantitative estimate of drug-likeness (QED) is 0.591. The topological polar surface area (TPSA) is 55.4 Å². The number of hydrogen-bond acceptors (Lipinski definition) is 3. The molecule has 76 valence electrons. The number of hydrogen-bond donors (Lipinski definition) is 1. The zero-order valence-electron chi connectivity index (χ0n) is 8.26. The Kier molecular flexibility index (Phi) is 7.20. The minimum atomic E-state index is 0.0233.